The van der Waals surface area contributed by atoms with E-state index in [-0.39, 0.29) is 22.7 Å². The Bertz CT molecular complexity index is 1220. The molecule has 0 saturated carbocycles. The first-order chi connectivity index (χ1) is 15.0. The summed E-state index contributed by atoms with van der Waals surface area (Å²) in [6.45, 7) is 0. The van der Waals surface area contributed by atoms with E-state index in [9.17, 15) is 14.0 Å². The third-order valence-corrected chi connectivity index (χ3v) is 4.77. The van der Waals surface area contributed by atoms with Gasteiger partial charge in [-0.15, -0.1) is 0 Å². The van der Waals surface area contributed by atoms with Crippen LogP contribution >= 0.6 is 0 Å². The van der Waals surface area contributed by atoms with Gasteiger partial charge in [-0.1, -0.05) is 24.3 Å². The maximum absolute atomic E-state index is 14.5. The van der Waals surface area contributed by atoms with Gasteiger partial charge in [-0.25, -0.2) is 14.2 Å². The topological polar surface area (TPSA) is 79.2 Å². The van der Waals surface area contributed by atoms with Crippen molar-refractivity contribution in [3.63, 3.8) is 0 Å². The Morgan fingerprint density at radius 2 is 1.71 bits per heavy atom. The summed E-state index contributed by atoms with van der Waals surface area (Å²) in [5, 5.41) is 9.04. The zero-order chi connectivity index (χ0) is 22.0. The molecule has 0 bridgehead atoms. The Morgan fingerprint density at radius 3 is 2.32 bits per heavy atom. The zero-order valence-corrected chi connectivity index (χ0v) is 16.4. The third kappa shape index (κ3) is 3.93. The molecule has 6 nitrogen and oxygen atoms in total. The average Bonchev–Trinajstić information content (AvgIpc) is 3.10. The van der Waals surface area contributed by atoms with Crippen LogP contribution in [0.25, 0.3) is 6.08 Å². The molecule has 0 atom stereocenters. The first-order valence-corrected chi connectivity index (χ1v) is 9.35. The number of carbonyl (C=O) groups is 2. The predicted octanol–water partition coefficient (Wildman–Crippen LogP) is 4.37. The van der Waals surface area contributed by atoms with Crippen LogP contribution in [0.1, 0.15) is 21.5 Å². The van der Waals surface area contributed by atoms with Crippen molar-refractivity contribution in [1.82, 2.24) is 0 Å². The molecule has 0 unspecified atom stereocenters. The van der Waals surface area contributed by atoms with E-state index in [1.807, 2.05) is 0 Å². The third-order valence-electron chi connectivity index (χ3n) is 4.77. The van der Waals surface area contributed by atoms with Crippen LogP contribution in [-0.4, -0.2) is 29.9 Å². The molecule has 0 saturated heterocycles. The fourth-order valence-electron chi connectivity index (χ4n) is 3.19. The van der Waals surface area contributed by atoms with Gasteiger partial charge in [-0.05, 0) is 60.2 Å². The minimum absolute atomic E-state index is 0.108. The number of nitrogens with zero attached hydrogens (tertiary/aromatic N) is 2. The zero-order valence-electron chi connectivity index (χ0n) is 16.4. The minimum atomic E-state index is -1.04. The molecule has 7 heteroatoms. The summed E-state index contributed by atoms with van der Waals surface area (Å²) in [7, 11) is 1.54. The number of anilines is 1. The summed E-state index contributed by atoms with van der Waals surface area (Å²) >= 11 is 0. The molecule has 1 amide bonds. The van der Waals surface area contributed by atoms with Crippen LogP contribution in [0.4, 0.5) is 10.1 Å². The lowest BCUT2D eigenvalue weighted by atomic mass is 10.1. The van der Waals surface area contributed by atoms with E-state index in [0.717, 1.165) is 0 Å². The fourth-order valence-corrected chi connectivity index (χ4v) is 3.19. The lowest BCUT2D eigenvalue weighted by Crippen LogP contribution is -2.33. The second-order valence-electron chi connectivity index (χ2n) is 6.71. The lowest BCUT2D eigenvalue weighted by molar-refractivity contribution is -0.113. The van der Waals surface area contributed by atoms with E-state index in [1.165, 1.54) is 23.1 Å². The molecule has 154 valence electrons. The van der Waals surface area contributed by atoms with E-state index in [4.69, 9.17) is 9.84 Å². The van der Waals surface area contributed by atoms with E-state index >= 15 is 0 Å². The Labute approximate surface area is 177 Å². The quantitative estimate of drug-likeness (QED) is 0.627. The number of benzene rings is 3. The van der Waals surface area contributed by atoms with Crippen molar-refractivity contribution in [3.05, 3.63) is 101 Å². The molecule has 3 aromatic rings. The Balaban J connectivity index is 1.79. The second-order valence-corrected chi connectivity index (χ2v) is 6.71. The van der Waals surface area contributed by atoms with Crippen molar-refractivity contribution >= 4 is 29.5 Å². The van der Waals surface area contributed by atoms with Crippen LogP contribution in [-0.2, 0) is 4.79 Å². The summed E-state index contributed by atoms with van der Waals surface area (Å²) in [5.41, 5.74) is 1.54. The van der Waals surface area contributed by atoms with E-state index in [0.29, 0.717) is 17.0 Å². The number of amidine groups is 1. The molecular weight excluding hydrogens is 399 g/mol. The van der Waals surface area contributed by atoms with Crippen molar-refractivity contribution in [2.75, 3.05) is 12.0 Å². The van der Waals surface area contributed by atoms with Gasteiger partial charge >= 0.3 is 5.97 Å². The van der Waals surface area contributed by atoms with Crippen molar-refractivity contribution in [2.24, 2.45) is 4.99 Å². The smallest absolute Gasteiger partial charge is 0.335 e. The number of carbonyl (C=O) groups excluding carboxylic acids is 1. The van der Waals surface area contributed by atoms with Gasteiger partial charge in [0.05, 0.1) is 23.9 Å². The van der Waals surface area contributed by atoms with Crippen LogP contribution in [0, 0.1) is 5.82 Å². The molecule has 31 heavy (non-hydrogen) atoms. The van der Waals surface area contributed by atoms with Crippen LogP contribution in [0.5, 0.6) is 5.75 Å². The molecule has 1 N–H and O–H groups in total. The molecule has 0 fully saturated rings. The normalized spacial score (nSPS) is 14.6. The van der Waals surface area contributed by atoms with Crippen molar-refractivity contribution in [1.29, 1.82) is 0 Å². The number of halogens is 1. The molecule has 4 rings (SSSR count). The van der Waals surface area contributed by atoms with Gasteiger partial charge in [0.1, 0.15) is 17.3 Å². The molecule has 3 aromatic carbocycles. The standard InChI is InChI=1S/C24H17FN2O4/c1-31-18-12-10-17(11-13-18)27-22(19-4-2-3-5-20(19)25)26-21(23(27)28)14-15-6-8-16(9-7-15)24(29)30/h2-14H,1H3,(H,29,30)/b21-14+. The number of aliphatic imine (C=N–C) groups is 1. The van der Waals surface area contributed by atoms with E-state index in [1.54, 1.807) is 67.8 Å². The number of aromatic carboxylic acids is 1. The van der Waals surface area contributed by atoms with Crippen LogP contribution in [0.15, 0.2) is 83.5 Å². The number of hydrogen-bond donors (Lipinski definition) is 1. The van der Waals surface area contributed by atoms with Crippen molar-refractivity contribution < 1.29 is 23.8 Å². The second kappa shape index (κ2) is 8.23. The summed E-state index contributed by atoms with van der Waals surface area (Å²) in [6.07, 6.45) is 1.54. The Morgan fingerprint density at radius 1 is 1.03 bits per heavy atom. The molecule has 1 heterocycles. The molecule has 0 aliphatic carbocycles. The first-order valence-electron chi connectivity index (χ1n) is 9.35. The number of rotatable bonds is 5. The van der Waals surface area contributed by atoms with Crippen molar-refractivity contribution in [3.8, 4) is 5.75 Å². The molecular formula is C24H17FN2O4. The monoisotopic (exact) mass is 416 g/mol. The number of amides is 1. The van der Waals surface area contributed by atoms with Crippen LogP contribution in [0.3, 0.4) is 0 Å². The van der Waals surface area contributed by atoms with Crippen molar-refractivity contribution in [2.45, 2.75) is 0 Å². The van der Waals surface area contributed by atoms with Gasteiger partial charge in [0.25, 0.3) is 5.91 Å². The van der Waals surface area contributed by atoms with Gasteiger partial charge in [-0.3, -0.25) is 9.69 Å². The van der Waals surface area contributed by atoms with E-state index < -0.39 is 17.7 Å². The molecule has 0 aromatic heterocycles. The van der Waals surface area contributed by atoms with Crippen LogP contribution < -0.4 is 9.64 Å². The molecule has 0 spiro atoms. The van der Waals surface area contributed by atoms with E-state index in [2.05, 4.69) is 4.99 Å². The number of ether oxygens (including phenoxy) is 1. The highest BCUT2D eigenvalue weighted by molar-refractivity contribution is 6.33. The molecule has 0 radical (unpaired) electrons. The van der Waals surface area contributed by atoms with Gasteiger partial charge in [-0.2, -0.15) is 0 Å². The largest absolute Gasteiger partial charge is 0.497 e. The lowest BCUT2D eigenvalue weighted by Gasteiger charge is -2.19. The molecule has 1 aliphatic rings. The highest BCUT2D eigenvalue weighted by atomic mass is 19.1. The van der Waals surface area contributed by atoms with Gasteiger partial charge in [0, 0.05) is 0 Å². The highest BCUT2D eigenvalue weighted by Gasteiger charge is 2.33. The Kier molecular flexibility index (Phi) is 5.32. The summed E-state index contributed by atoms with van der Waals surface area (Å²) in [5.74, 6) is -1.18. The minimum Gasteiger partial charge on any atom is -0.497 e. The molecule has 1 aliphatic heterocycles. The highest BCUT2D eigenvalue weighted by Crippen LogP contribution is 2.30. The average molecular weight is 416 g/mol. The first kappa shape index (κ1) is 20.0. The summed E-state index contributed by atoms with van der Waals surface area (Å²) in [6, 6.07) is 18.9. The predicted molar refractivity (Wildman–Crippen MR) is 115 cm³/mol. The number of carboxylic acids is 1. The maximum atomic E-state index is 14.5. The van der Waals surface area contributed by atoms with Gasteiger partial charge < -0.3 is 9.84 Å². The summed E-state index contributed by atoms with van der Waals surface area (Å²) in [4.78, 5) is 30.0. The van der Waals surface area contributed by atoms with Gasteiger partial charge in [0.2, 0.25) is 0 Å². The van der Waals surface area contributed by atoms with Gasteiger partial charge in [0.15, 0.2) is 5.84 Å². The SMILES string of the molecule is COc1ccc(N2C(=O)/C(=C\c3ccc(C(=O)O)cc3)N=C2c2ccccc2F)cc1. The fraction of sp³-hybridized carbons (Fsp3) is 0.0417. The van der Waals surface area contributed by atoms with Crippen LogP contribution in [0.2, 0.25) is 0 Å². The number of hydrogen-bond acceptors (Lipinski definition) is 4. The summed E-state index contributed by atoms with van der Waals surface area (Å²) < 4.78 is 19.7. The maximum Gasteiger partial charge on any atom is 0.335 e. The number of methoxy groups -OCH3 is 1. The Hall–Kier alpha value is -4.26. The number of carboxylic acid groups (broad SMARTS) is 1.